The third-order valence-electron chi connectivity index (χ3n) is 3.22. The number of amides is 1. The van der Waals surface area contributed by atoms with Crippen molar-refractivity contribution in [1.29, 1.82) is 0 Å². The van der Waals surface area contributed by atoms with Crippen LogP contribution in [0.15, 0.2) is 18.2 Å². The minimum Gasteiger partial charge on any atom is -0.347 e. The third kappa shape index (κ3) is 2.50. The molecule has 108 valence electrons. The van der Waals surface area contributed by atoms with Crippen molar-refractivity contribution in [3.8, 4) is 0 Å². The first-order valence-corrected chi connectivity index (χ1v) is 6.79. The number of carbonyl (C=O) groups excluding carboxylic acids is 1. The summed E-state index contributed by atoms with van der Waals surface area (Å²) in [6.45, 7) is 3.54. The van der Waals surface area contributed by atoms with E-state index in [-0.39, 0.29) is 17.1 Å². The average Bonchev–Trinajstić information content (AvgIpc) is 2.75. The van der Waals surface area contributed by atoms with Crippen molar-refractivity contribution in [3.05, 3.63) is 29.8 Å². The van der Waals surface area contributed by atoms with Gasteiger partial charge >= 0.3 is 0 Å². The molecule has 1 aromatic carbocycles. The van der Waals surface area contributed by atoms with Gasteiger partial charge in [0.15, 0.2) is 0 Å². The molecule has 1 amide bonds. The fourth-order valence-corrected chi connectivity index (χ4v) is 2.41. The first-order chi connectivity index (χ1) is 9.32. The van der Waals surface area contributed by atoms with Crippen molar-refractivity contribution in [3.63, 3.8) is 0 Å². The quantitative estimate of drug-likeness (QED) is 0.816. The standard InChI is InChI=1S/C14H17ClFN3O/c1-8(15)13-17-11-6-5-10(16)7-12(11)19(13)9(2)14(20)18(3)4/h5-9H,1-4H3. The number of nitrogens with zero attached hydrogens (tertiary/aromatic N) is 3. The first kappa shape index (κ1) is 14.8. The second kappa shape index (κ2) is 5.40. The lowest BCUT2D eigenvalue weighted by Gasteiger charge is -2.21. The molecule has 0 spiro atoms. The Morgan fingerprint density at radius 3 is 2.60 bits per heavy atom. The van der Waals surface area contributed by atoms with E-state index >= 15 is 0 Å². The molecule has 2 atom stereocenters. The monoisotopic (exact) mass is 297 g/mol. The van der Waals surface area contributed by atoms with Gasteiger partial charge in [-0.1, -0.05) is 0 Å². The Labute approximate surface area is 122 Å². The van der Waals surface area contributed by atoms with Crippen molar-refractivity contribution in [1.82, 2.24) is 14.5 Å². The molecule has 2 unspecified atom stereocenters. The van der Waals surface area contributed by atoms with Crippen molar-refractivity contribution in [2.24, 2.45) is 0 Å². The third-order valence-corrected chi connectivity index (χ3v) is 3.42. The highest BCUT2D eigenvalue weighted by atomic mass is 35.5. The van der Waals surface area contributed by atoms with Crippen LogP contribution in [0.3, 0.4) is 0 Å². The summed E-state index contributed by atoms with van der Waals surface area (Å²) < 4.78 is 15.2. The van der Waals surface area contributed by atoms with Crippen LogP contribution in [-0.4, -0.2) is 34.5 Å². The van der Waals surface area contributed by atoms with Gasteiger partial charge in [-0.15, -0.1) is 11.6 Å². The minimum absolute atomic E-state index is 0.0906. The highest BCUT2D eigenvalue weighted by molar-refractivity contribution is 6.20. The summed E-state index contributed by atoms with van der Waals surface area (Å²) in [5.41, 5.74) is 1.21. The van der Waals surface area contributed by atoms with Crippen LogP contribution in [0.2, 0.25) is 0 Å². The average molecular weight is 298 g/mol. The fraction of sp³-hybridized carbons (Fsp3) is 0.429. The van der Waals surface area contributed by atoms with E-state index in [4.69, 9.17) is 11.6 Å². The van der Waals surface area contributed by atoms with Gasteiger partial charge in [0.1, 0.15) is 17.7 Å². The van der Waals surface area contributed by atoms with E-state index in [1.54, 1.807) is 38.6 Å². The van der Waals surface area contributed by atoms with Crippen LogP contribution in [0.25, 0.3) is 11.0 Å². The number of benzene rings is 1. The predicted octanol–water partition coefficient (Wildman–Crippen LogP) is 3.12. The van der Waals surface area contributed by atoms with Gasteiger partial charge in [-0.3, -0.25) is 4.79 Å². The molecule has 0 saturated heterocycles. The molecule has 0 saturated carbocycles. The molecule has 0 N–H and O–H groups in total. The van der Waals surface area contributed by atoms with Gasteiger partial charge in [0.05, 0.1) is 16.4 Å². The lowest BCUT2D eigenvalue weighted by Crippen LogP contribution is -2.30. The van der Waals surface area contributed by atoms with Crippen molar-refractivity contribution in [2.45, 2.75) is 25.3 Å². The maximum Gasteiger partial charge on any atom is 0.244 e. The fourth-order valence-electron chi connectivity index (χ4n) is 2.26. The number of fused-ring (bicyclic) bond motifs is 1. The zero-order valence-corrected chi connectivity index (χ0v) is 12.6. The number of rotatable bonds is 3. The second-order valence-corrected chi connectivity index (χ2v) is 5.65. The zero-order valence-electron chi connectivity index (χ0n) is 11.9. The van der Waals surface area contributed by atoms with Crippen molar-refractivity contribution in [2.75, 3.05) is 14.1 Å². The van der Waals surface area contributed by atoms with Crippen LogP contribution in [-0.2, 0) is 4.79 Å². The Hall–Kier alpha value is -1.62. The number of carbonyl (C=O) groups is 1. The maximum atomic E-state index is 13.5. The Bertz CT molecular complexity index is 651. The smallest absolute Gasteiger partial charge is 0.244 e. The molecule has 0 aliphatic heterocycles. The Kier molecular flexibility index (Phi) is 3.99. The van der Waals surface area contributed by atoms with E-state index in [0.717, 1.165) is 0 Å². The van der Waals surface area contributed by atoms with Crippen LogP contribution < -0.4 is 0 Å². The summed E-state index contributed by atoms with van der Waals surface area (Å²) in [7, 11) is 3.37. The topological polar surface area (TPSA) is 38.1 Å². The Morgan fingerprint density at radius 1 is 1.40 bits per heavy atom. The summed E-state index contributed by atoms with van der Waals surface area (Å²) in [6.07, 6.45) is 0. The number of aromatic nitrogens is 2. The first-order valence-electron chi connectivity index (χ1n) is 6.35. The molecule has 4 nitrogen and oxygen atoms in total. The van der Waals surface area contributed by atoms with Gasteiger partial charge < -0.3 is 9.47 Å². The largest absolute Gasteiger partial charge is 0.347 e. The molecule has 0 fully saturated rings. The van der Waals surface area contributed by atoms with Crippen LogP contribution in [0, 0.1) is 5.82 Å². The number of hydrogen-bond donors (Lipinski definition) is 0. The number of halogens is 2. The van der Waals surface area contributed by atoms with E-state index in [0.29, 0.717) is 16.9 Å². The Balaban J connectivity index is 2.67. The number of hydrogen-bond acceptors (Lipinski definition) is 2. The van der Waals surface area contributed by atoms with Crippen molar-refractivity contribution < 1.29 is 9.18 Å². The second-order valence-electron chi connectivity index (χ2n) is 5.00. The summed E-state index contributed by atoms with van der Waals surface area (Å²) >= 11 is 6.15. The van der Waals surface area contributed by atoms with Gasteiger partial charge in [-0.2, -0.15) is 0 Å². The maximum absolute atomic E-state index is 13.5. The molecular formula is C14H17ClFN3O. The minimum atomic E-state index is -0.493. The van der Waals surface area contributed by atoms with E-state index in [2.05, 4.69) is 4.98 Å². The van der Waals surface area contributed by atoms with E-state index in [9.17, 15) is 9.18 Å². The summed E-state index contributed by atoms with van der Waals surface area (Å²) in [6, 6.07) is 3.83. The lowest BCUT2D eigenvalue weighted by atomic mass is 10.2. The SMILES string of the molecule is CC(Cl)c1nc2ccc(F)cc2n1C(C)C(=O)N(C)C. The molecule has 6 heteroatoms. The molecule has 2 rings (SSSR count). The van der Waals surface area contributed by atoms with E-state index in [1.165, 1.54) is 17.0 Å². The van der Waals surface area contributed by atoms with Crippen LogP contribution in [0.4, 0.5) is 4.39 Å². The molecule has 1 heterocycles. The van der Waals surface area contributed by atoms with Gasteiger partial charge in [-0.05, 0) is 32.0 Å². The molecule has 0 aliphatic carbocycles. The molecule has 2 aromatic rings. The zero-order chi connectivity index (χ0) is 15.0. The summed E-state index contributed by atoms with van der Waals surface area (Å²) in [4.78, 5) is 18.1. The molecular weight excluding hydrogens is 281 g/mol. The van der Waals surface area contributed by atoms with E-state index in [1.807, 2.05) is 0 Å². The predicted molar refractivity (Wildman–Crippen MR) is 77.4 cm³/mol. The van der Waals surface area contributed by atoms with E-state index < -0.39 is 6.04 Å². The summed E-state index contributed by atoms with van der Waals surface area (Å²) in [5.74, 6) is 0.110. The van der Waals surface area contributed by atoms with Gasteiger partial charge in [-0.25, -0.2) is 9.37 Å². The normalized spacial score (nSPS) is 14.3. The number of imidazole rings is 1. The van der Waals surface area contributed by atoms with Crippen LogP contribution in [0.1, 0.15) is 31.1 Å². The highest BCUT2D eigenvalue weighted by Gasteiger charge is 2.24. The molecule has 1 aromatic heterocycles. The van der Waals surface area contributed by atoms with Gasteiger partial charge in [0.25, 0.3) is 0 Å². The van der Waals surface area contributed by atoms with Crippen LogP contribution >= 0.6 is 11.6 Å². The molecule has 0 bridgehead atoms. The molecule has 0 aliphatic rings. The Morgan fingerprint density at radius 2 is 2.05 bits per heavy atom. The highest BCUT2D eigenvalue weighted by Crippen LogP contribution is 2.29. The lowest BCUT2D eigenvalue weighted by molar-refractivity contribution is -0.131. The number of alkyl halides is 1. The van der Waals surface area contributed by atoms with Crippen molar-refractivity contribution >= 4 is 28.5 Å². The van der Waals surface area contributed by atoms with Gasteiger partial charge in [0, 0.05) is 14.1 Å². The molecule has 20 heavy (non-hydrogen) atoms. The van der Waals surface area contributed by atoms with Crippen LogP contribution in [0.5, 0.6) is 0 Å². The number of likely N-dealkylation sites (N-methyl/N-ethyl adjacent to an activating group) is 1. The summed E-state index contributed by atoms with van der Waals surface area (Å²) in [5, 5.41) is -0.372. The molecule has 0 radical (unpaired) electrons. The van der Waals surface area contributed by atoms with Gasteiger partial charge in [0.2, 0.25) is 5.91 Å².